The van der Waals surface area contributed by atoms with E-state index in [1.54, 1.807) is 4.52 Å². The van der Waals surface area contributed by atoms with Gasteiger partial charge in [0.15, 0.2) is 5.65 Å². The van der Waals surface area contributed by atoms with Crippen molar-refractivity contribution < 1.29 is 23.1 Å². The third kappa shape index (κ3) is 4.30. The van der Waals surface area contributed by atoms with Crippen LogP contribution in [0.3, 0.4) is 0 Å². The lowest BCUT2D eigenvalue weighted by Crippen LogP contribution is -2.40. The van der Waals surface area contributed by atoms with E-state index in [4.69, 9.17) is 10.1 Å². The summed E-state index contributed by atoms with van der Waals surface area (Å²) in [4.78, 5) is 18.5. The summed E-state index contributed by atoms with van der Waals surface area (Å²) in [5, 5.41) is 14.4. The summed E-state index contributed by atoms with van der Waals surface area (Å²) < 4.78 is 41.0. The highest BCUT2D eigenvalue weighted by molar-refractivity contribution is 5.71. The first-order chi connectivity index (χ1) is 15.1. The molecule has 1 aliphatic carbocycles. The number of piperidine rings is 1. The molecule has 2 fully saturated rings. The lowest BCUT2D eigenvalue weighted by molar-refractivity contribution is -0.182. The lowest BCUT2D eigenvalue weighted by Gasteiger charge is -2.34. The lowest BCUT2D eigenvalue weighted by atomic mass is 9.80. The van der Waals surface area contributed by atoms with Gasteiger partial charge in [-0.3, -0.25) is 4.79 Å². The molecule has 0 aromatic carbocycles. The fourth-order valence-electron chi connectivity index (χ4n) is 5.40. The van der Waals surface area contributed by atoms with Crippen LogP contribution in [0.1, 0.15) is 81.2 Å². The summed E-state index contributed by atoms with van der Waals surface area (Å²) in [6, 6.07) is 1.90. The number of fused-ring (bicyclic) bond motifs is 1. The van der Waals surface area contributed by atoms with Gasteiger partial charge in [-0.15, -0.1) is 0 Å². The Kier molecular flexibility index (Phi) is 6.11. The molecule has 1 aliphatic heterocycles. The summed E-state index contributed by atoms with van der Waals surface area (Å²) in [6.45, 7) is 7.29. The zero-order valence-corrected chi connectivity index (χ0v) is 18.8. The van der Waals surface area contributed by atoms with Gasteiger partial charge in [-0.25, -0.2) is 4.98 Å². The maximum Gasteiger partial charge on any atom is 0.391 e. The Morgan fingerprint density at radius 1 is 1.19 bits per heavy atom. The van der Waals surface area contributed by atoms with Gasteiger partial charge >= 0.3 is 12.1 Å². The molecule has 176 valence electrons. The number of aromatic nitrogens is 3. The number of rotatable bonds is 4. The van der Waals surface area contributed by atoms with Crippen LogP contribution < -0.4 is 4.90 Å². The zero-order valence-electron chi connectivity index (χ0n) is 18.8. The molecule has 2 aromatic rings. The number of alkyl halides is 3. The zero-order chi connectivity index (χ0) is 23.2. The van der Waals surface area contributed by atoms with Gasteiger partial charge in [0, 0.05) is 36.3 Å². The quantitative estimate of drug-likeness (QED) is 0.682. The van der Waals surface area contributed by atoms with E-state index in [0.717, 1.165) is 35.7 Å². The summed E-state index contributed by atoms with van der Waals surface area (Å²) in [5.41, 5.74) is 3.38. The van der Waals surface area contributed by atoms with Crippen LogP contribution in [0.15, 0.2) is 6.07 Å². The number of hydrogen-bond acceptors (Lipinski definition) is 4. The molecule has 1 saturated heterocycles. The van der Waals surface area contributed by atoms with Gasteiger partial charge in [0.1, 0.15) is 5.82 Å². The fraction of sp³-hybridized carbons (Fsp3) is 0.696. The molecule has 3 heterocycles. The highest BCUT2D eigenvalue weighted by atomic mass is 19.4. The van der Waals surface area contributed by atoms with Crippen molar-refractivity contribution in [2.45, 2.75) is 77.3 Å². The van der Waals surface area contributed by atoms with Crippen LogP contribution in [-0.2, 0) is 4.79 Å². The number of aliphatic carboxylic acids is 1. The number of carbonyl (C=O) groups is 1. The maximum atomic E-state index is 13.1. The number of carboxylic acid groups (broad SMARTS) is 1. The molecule has 0 bridgehead atoms. The minimum absolute atomic E-state index is 0.0147. The van der Waals surface area contributed by atoms with Gasteiger partial charge in [-0.2, -0.15) is 22.8 Å². The molecule has 6 nitrogen and oxygen atoms in total. The Morgan fingerprint density at radius 2 is 1.88 bits per heavy atom. The minimum Gasteiger partial charge on any atom is -0.481 e. The van der Waals surface area contributed by atoms with Crippen LogP contribution in [0, 0.1) is 18.8 Å². The molecular formula is C23H31F3N4O2. The Morgan fingerprint density at radius 3 is 2.47 bits per heavy atom. The number of halogens is 3. The number of hydrogen-bond donors (Lipinski definition) is 1. The van der Waals surface area contributed by atoms with Crippen LogP contribution in [0.2, 0.25) is 0 Å². The Bertz CT molecular complexity index is 993. The Hall–Kier alpha value is -2.32. The molecule has 2 aromatic heterocycles. The molecule has 9 heteroatoms. The number of carboxylic acids is 1. The van der Waals surface area contributed by atoms with Crippen LogP contribution in [0.5, 0.6) is 0 Å². The topological polar surface area (TPSA) is 70.7 Å². The van der Waals surface area contributed by atoms with Crippen molar-refractivity contribution in [1.82, 2.24) is 14.6 Å². The van der Waals surface area contributed by atoms with E-state index in [1.165, 1.54) is 0 Å². The molecule has 0 radical (unpaired) electrons. The molecule has 32 heavy (non-hydrogen) atoms. The molecule has 1 atom stereocenters. The van der Waals surface area contributed by atoms with Crippen LogP contribution in [-0.4, -0.2) is 44.9 Å². The first kappa shape index (κ1) is 22.9. The van der Waals surface area contributed by atoms with Crippen molar-refractivity contribution >= 4 is 17.4 Å². The highest BCUT2D eigenvalue weighted by Crippen LogP contribution is 2.43. The van der Waals surface area contributed by atoms with Gasteiger partial charge in [-0.1, -0.05) is 13.8 Å². The maximum absolute atomic E-state index is 13.1. The first-order valence-corrected chi connectivity index (χ1v) is 11.5. The number of nitrogens with zero attached hydrogens (tertiary/aromatic N) is 4. The number of anilines is 1. The standard InChI is InChI=1S/C23H31F3N4O2/c1-13(2)20-14(3)27-19-11-18(15-6-8-17(9-7-15)23(24,25)26)28-30(19)21(20)29-10-4-5-16(12-29)22(31)32/h11,13,15-17H,4-10,12H2,1-3H3,(H,31,32)/t15?,16-,17?/m0/s1. The molecule has 0 amide bonds. The van der Waals surface area contributed by atoms with Crippen molar-refractivity contribution in [3.05, 3.63) is 23.0 Å². The molecule has 1 saturated carbocycles. The van der Waals surface area contributed by atoms with Crippen LogP contribution in [0.4, 0.5) is 19.0 Å². The summed E-state index contributed by atoms with van der Waals surface area (Å²) in [7, 11) is 0. The van der Waals surface area contributed by atoms with Gasteiger partial charge in [-0.05, 0) is 51.4 Å². The van der Waals surface area contributed by atoms with Gasteiger partial charge in [0.05, 0.1) is 17.5 Å². The van der Waals surface area contributed by atoms with Crippen molar-refractivity contribution in [2.75, 3.05) is 18.0 Å². The molecular weight excluding hydrogens is 421 g/mol. The van der Waals surface area contributed by atoms with Gasteiger partial charge in [0.25, 0.3) is 0 Å². The predicted molar refractivity (Wildman–Crippen MR) is 115 cm³/mol. The van der Waals surface area contributed by atoms with E-state index in [1.807, 2.05) is 13.0 Å². The van der Waals surface area contributed by atoms with Crippen LogP contribution in [0.25, 0.3) is 5.65 Å². The summed E-state index contributed by atoms with van der Waals surface area (Å²) >= 11 is 0. The largest absolute Gasteiger partial charge is 0.481 e. The highest BCUT2D eigenvalue weighted by Gasteiger charge is 2.42. The van der Waals surface area contributed by atoms with E-state index in [-0.39, 0.29) is 24.7 Å². The van der Waals surface area contributed by atoms with Crippen molar-refractivity contribution in [3.8, 4) is 0 Å². The number of aryl methyl sites for hydroxylation is 1. The summed E-state index contributed by atoms with van der Waals surface area (Å²) in [5.74, 6) is -1.41. The third-order valence-electron chi connectivity index (χ3n) is 7.08. The van der Waals surface area contributed by atoms with E-state index >= 15 is 0 Å². The molecule has 2 aliphatic rings. The fourth-order valence-corrected chi connectivity index (χ4v) is 5.40. The van der Waals surface area contributed by atoms with Crippen LogP contribution >= 0.6 is 0 Å². The smallest absolute Gasteiger partial charge is 0.391 e. The van der Waals surface area contributed by atoms with E-state index < -0.39 is 24.0 Å². The van der Waals surface area contributed by atoms with Crippen molar-refractivity contribution in [3.63, 3.8) is 0 Å². The minimum atomic E-state index is -4.13. The average Bonchev–Trinajstić information content (AvgIpc) is 3.15. The molecule has 0 spiro atoms. The monoisotopic (exact) mass is 452 g/mol. The van der Waals surface area contributed by atoms with Gasteiger partial charge in [0.2, 0.25) is 0 Å². The second kappa shape index (κ2) is 8.56. The third-order valence-corrected chi connectivity index (χ3v) is 7.08. The molecule has 1 N–H and O–H groups in total. The Balaban J connectivity index is 1.71. The Labute approximate surface area is 185 Å². The van der Waals surface area contributed by atoms with E-state index in [9.17, 15) is 23.1 Å². The van der Waals surface area contributed by atoms with Crippen molar-refractivity contribution in [1.29, 1.82) is 0 Å². The normalized spacial score (nSPS) is 25.0. The summed E-state index contributed by atoms with van der Waals surface area (Å²) in [6.07, 6.45) is -1.50. The SMILES string of the molecule is Cc1nc2cc(C3CCC(C(F)(F)F)CC3)nn2c(N2CCC[C@H](C(=O)O)C2)c1C(C)C. The van der Waals surface area contributed by atoms with Crippen molar-refractivity contribution in [2.24, 2.45) is 11.8 Å². The van der Waals surface area contributed by atoms with E-state index in [2.05, 4.69) is 18.7 Å². The second-order valence-electron chi connectivity index (χ2n) is 9.64. The average molecular weight is 453 g/mol. The van der Waals surface area contributed by atoms with E-state index in [0.29, 0.717) is 31.5 Å². The molecule has 0 unspecified atom stereocenters. The second-order valence-corrected chi connectivity index (χ2v) is 9.64. The molecule has 4 rings (SSSR count). The first-order valence-electron chi connectivity index (χ1n) is 11.5. The van der Waals surface area contributed by atoms with Gasteiger partial charge < -0.3 is 10.0 Å². The predicted octanol–water partition coefficient (Wildman–Crippen LogP) is 5.30.